The summed E-state index contributed by atoms with van der Waals surface area (Å²) in [6, 6.07) is 6.30. The van der Waals surface area contributed by atoms with E-state index in [0.29, 0.717) is 11.7 Å². The topological polar surface area (TPSA) is 58.5 Å². The number of nitrogens with zero attached hydrogens (tertiary/aromatic N) is 3. The second-order valence-electron chi connectivity index (χ2n) is 5.58. The highest BCUT2D eigenvalue weighted by Gasteiger charge is 2.24. The summed E-state index contributed by atoms with van der Waals surface area (Å²) in [5.41, 5.74) is 8.16. The molecule has 20 heavy (non-hydrogen) atoms. The predicted molar refractivity (Wildman–Crippen MR) is 80.4 cm³/mol. The zero-order valence-electron chi connectivity index (χ0n) is 12.2. The van der Waals surface area contributed by atoms with Crippen LogP contribution >= 0.6 is 0 Å². The number of oxazole rings is 1. The number of anilines is 1. The monoisotopic (exact) mass is 274 g/mol. The summed E-state index contributed by atoms with van der Waals surface area (Å²) in [7, 11) is 2.20. The summed E-state index contributed by atoms with van der Waals surface area (Å²) in [5.74, 6) is 0.761. The van der Waals surface area contributed by atoms with Gasteiger partial charge in [0.2, 0.25) is 5.89 Å². The highest BCUT2D eigenvalue weighted by molar-refractivity contribution is 5.85. The number of para-hydroxylation sites is 1. The molecule has 2 N–H and O–H groups in total. The number of aromatic nitrogens is 1. The second-order valence-corrected chi connectivity index (χ2v) is 5.58. The van der Waals surface area contributed by atoms with E-state index in [-0.39, 0.29) is 0 Å². The van der Waals surface area contributed by atoms with Gasteiger partial charge in [-0.05, 0) is 25.6 Å². The maximum atomic E-state index is 5.92. The van der Waals surface area contributed by atoms with Crippen LogP contribution in [0.1, 0.15) is 19.2 Å². The Morgan fingerprint density at radius 2 is 2.25 bits per heavy atom. The first-order valence-electron chi connectivity index (χ1n) is 7.24. The van der Waals surface area contributed by atoms with Crippen LogP contribution in [0.25, 0.3) is 11.1 Å². The molecule has 5 heteroatoms. The molecule has 0 radical (unpaired) electrons. The molecule has 2 aromatic rings. The number of rotatable bonds is 3. The summed E-state index contributed by atoms with van der Waals surface area (Å²) >= 11 is 0. The number of benzene rings is 1. The van der Waals surface area contributed by atoms with Crippen LogP contribution in [0.15, 0.2) is 22.6 Å². The first-order valence-corrected chi connectivity index (χ1v) is 7.24. The number of nitrogens with two attached hydrogens (primary N) is 1. The standard InChI is InChI=1S/C15H22N4O/c1-3-11-9-19(8-7-18(11)2)10-14-17-15-12(16)5-4-6-13(15)20-14/h4-6,11H,3,7-10,16H2,1-2H3. The lowest BCUT2D eigenvalue weighted by Gasteiger charge is -2.38. The number of hydrogen-bond acceptors (Lipinski definition) is 5. The fourth-order valence-corrected chi connectivity index (χ4v) is 2.87. The Morgan fingerprint density at radius 1 is 1.40 bits per heavy atom. The maximum absolute atomic E-state index is 5.92. The van der Waals surface area contributed by atoms with Gasteiger partial charge in [0, 0.05) is 25.7 Å². The van der Waals surface area contributed by atoms with E-state index in [1.807, 2.05) is 18.2 Å². The van der Waals surface area contributed by atoms with E-state index < -0.39 is 0 Å². The van der Waals surface area contributed by atoms with Gasteiger partial charge in [-0.15, -0.1) is 0 Å². The third-order valence-corrected chi connectivity index (χ3v) is 4.19. The van der Waals surface area contributed by atoms with Crippen LogP contribution in [-0.2, 0) is 6.54 Å². The van der Waals surface area contributed by atoms with E-state index in [1.54, 1.807) is 0 Å². The van der Waals surface area contributed by atoms with Gasteiger partial charge in [0.1, 0.15) is 5.52 Å². The summed E-state index contributed by atoms with van der Waals surface area (Å²) in [4.78, 5) is 9.37. The molecule has 5 nitrogen and oxygen atoms in total. The smallest absolute Gasteiger partial charge is 0.209 e. The zero-order chi connectivity index (χ0) is 14.1. The Labute approximate surface area is 119 Å². The third kappa shape index (κ3) is 2.51. The van der Waals surface area contributed by atoms with E-state index in [1.165, 1.54) is 6.42 Å². The highest BCUT2D eigenvalue weighted by Crippen LogP contribution is 2.22. The largest absolute Gasteiger partial charge is 0.439 e. The molecule has 1 aromatic carbocycles. The van der Waals surface area contributed by atoms with Gasteiger partial charge in [-0.1, -0.05) is 13.0 Å². The fourth-order valence-electron chi connectivity index (χ4n) is 2.87. The van der Waals surface area contributed by atoms with Gasteiger partial charge in [-0.3, -0.25) is 4.90 Å². The molecule has 0 spiro atoms. The van der Waals surface area contributed by atoms with Gasteiger partial charge < -0.3 is 15.1 Å². The molecule has 2 heterocycles. The van der Waals surface area contributed by atoms with Crippen LogP contribution in [0, 0.1) is 0 Å². The Balaban J connectivity index is 1.75. The Kier molecular flexibility index (Phi) is 3.63. The van der Waals surface area contributed by atoms with Gasteiger partial charge in [-0.25, -0.2) is 4.98 Å². The van der Waals surface area contributed by atoms with E-state index >= 15 is 0 Å². The van der Waals surface area contributed by atoms with E-state index in [2.05, 4.69) is 28.8 Å². The molecule has 108 valence electrons. The Hall–Kier alpha value is -1.59. The number of nitrogen functional groups attached to an aromatic ring is 1. The summed E-state index contributed by atoms with van der Waals surface area (Å²) in [6.07, 6.45) is 1.17. The maximum Gasteiger partial charge on any atom is 0.209 e. The first-order chi connectivity index (χ1) is 9.67. The van der Waals surface area contributed by atoms with Gasteiger partial charge >= 0.3 is 0 Å². The highest BCUT2D eigenvalue weighted by atomic mass is 16.3. The molecule has 1 atom stereocenters. The minimum atomic E-state index is 0.623. The van der Waals surface area contributed by atoms with Gasteiger partial charge in [0.05, 0.1) is 12.2 Å². The van der Waals surface area contributed by atoms with Crippen LogP contribution < -0.4 is 5.73 Å². The molecule has 0 amide bonds. The molecule has 1 aliphatic heterocycles. The van der Waals surface area contributed by atoms with Crippen LogP contribution in [-0.4, -0.2) is 47.5 Å². The Morgan fingerprint density at radius 3 is 3.00 bits per heavy atom. The third-order valence-electron chi connectivity index (χ3n) is 4.19. The van der Waals surface area contributed by atoms with Gasteiger partial charge in [0.15, 0.2) is 5.58 Å². The number of fused-ring (bicyclic) bond motifs is 1. The van der Waals surface area contributed by atoms with Crippen LogP contribution in [0.4, 0.5) is 5.69 Å². The average molecular weight is 274 g/mol. The van der Waals surface area contributed by atoms with E-state index in [4.69, 9.17) is 10.2 Å². The molecule has 1 unspecified atom stereocenters. The molecule has 1 fully saturated rings. The fraction of sp³-hybridized carbons (Fsp3) is 0.533. The van der Waals surface area contributed by atoms with Crippen LogP contribution in [0.5, 0.6) is 0 Å². The quantitative estimate of drug-likeness (QED) is 0.867. The Bertz CT molecular complexity index is 595. The normalized spacial score (nSPS) is 21.6. The van der Waals surface area contributed by atoms with E-state index in [9.17, 15) is 0 Å². The second kappa shape index (κ2) is 5.42. The lowest BCUT2D eigenvalue weighted by molar-refractivity contribution is 0.0827. The number of hydrogen-bond donors (Lipinski definition) is 1. The van der Waals surface area contributed by atoms with Crippen molar-refractivity contribution in [1.29, 1.82) is 0 Å². The van der Waals surface area contributed by atoms with Crippen molar-refractivity contribution in [2.24, 2.45) is 0 Å². The summed E-state index contributed by atoms with van der Waals surface area (Å²) < 4.78 is 5.80. The predicted octanol–water partition coefficient (Wildman–Crippen LogP) is 1.94. The SMILES string of the molecule is CCC1CN(Cc2nc3c(N)cccc3o2)CCN1C. The molecule has 1 aromatic heterocycles. The van der Waals surface area contributed by atoms with Gasteiger partial charge in [0.25, 0.3) is 0 Å². The summed E-state index contributed by atoms with van der Waals surface area (Å²) in [5, 5.41) is 0. The zero-order valence-corrected chi connectivity index (χ0v) is 12.2. The molecule has 0 saturated carbocycles. The first kappa shape index (κ1) is 13.4. The molecule has 0 aliphatic carbocycles. The molecule has 1 aliphatic rings. The van der Waals surface area contributed by atoms with Gasteiger partial charge in [-0.2, -0.15) is 0 Å². The molecule has 3 rings (SSSR count). The van der Waals surface area contributed by atoms with Crippen molar-refractivity contribution in [3.05, 3.63) is 24.1 Å². The van der Waals surface area contributed by atoms with Crippen LogP contribution in [0.3, 0.4) is 0 Å². The lowest BCUT2D eigenvalue weighted by atomic mass is 10.1. The van der Waals surface area contributed by atoms with Crippen molar-refractivity contribution in [1.82, 2.24) is 14.8 Å². The number of likely N-dealkylation sites (N-methyl/N-ethyl adjacent to an activating group) is 1. The van der Waals surface area contributed by atoms with Crippen molar-refractivity contribution >= 4 is 16.8 Å². The van der Waals surface area contributed by atoms with Crippen LogP contribution in [0.2, 0.25) is 0 Å². The molecular formula is C15H22N4O. The van der Waals surface area contributed by atoms with E-state index in [0.717, 1.165) is 43.2 Å². The van der Waals surface area contributed by atoms with Crippen molar-refractivity contribution in [3.63, 3.8) is 0 Å². The number of piperazine rings is 1. The molecule has 0 bridgehead atoms. The molecule has 1 saturated heterocycles. The molecular weight excluding hydrogens is 252 g/mol. The summed E-state index contributed by atoms with van der Waals surface area (Å²) in [6.45, 7) is 6.23. The van der Waals surface area contributed by atoms with Crippen molar-refractivity contribution in [2.75, 3.05) is 32.4 Å². The minimum Gasteiger partial charge on any atom is -0.439 e. The minimum absolute atomic E-state index is 0.623. The van der Waals surface area contributed by atoms with Crippen molar-refractivity contribution in [3.8, 4) is 0 Å². The average Bonchev–Trinajstić information content (AvgIpc) is 2.85. The van der Waals surface area contributed by atoms with Crippen molar-refractivity contribution in [2.45, 2.75) is 25.9 Å². The van der Waals surface area contributed by atoms with Crippen molar-refractivity contribution < 1.29 is 4.42 Å². The lowest BCUT2D eigenvalue weighted by Crippen LogP contribution is -2.50.